The number of hydrogen-bond acceptors (Lipinski definition) is 7. The Bertz CT molecular complexity index is 967. The Morgan fingerprint density at radius 2 is 1.83 bits per heavy atom. The molecule has 4 rings (SSSR count). The van der Waals surface area contributed by atoms with E-state index in [1.165, 1.54) is 11.1 Å². The number of nitrogens with zero attached hydrogens (tertiary/aromatic N) is 4. The molecule has 1 N–H and O–H groups in total. The highest BCUT2D eigenvalue weighted by molar-refractivity contribution is 5.65. The van der Waals surface area contributed by atoms with Gasteiger partial charge in [0.15, 0.2) is 5.82 Å². The van der Waals surface area contributed by atoms with Crippen molar-refractivity contribution in [3.05, 3.63) is 66.0 Å². The molecular formula is C22H22N5O2-. The number of benzene rings is 1. The molecule has 0 atom stereocenters. The average molecular weight is 388 g/mol. The van der Waals surface area contributed by atoms with Gasteiger partial charge in [0.2, 0.25) is 0 Å². The zero-order valence-corrected chi connectivity index (χ0v) is 16.0. The van der Waals surface area contributed by atoms with Gasteiger partial charge >= 0.3 is 0 Å². The van der Waals surface area contributed by atoms with E-state index < -0.39 is 5.97 Å². The van der Waals surface area contributed by atoms with E-state index in [1.54, 1.807) is 12.4 Å². The molecule has 0 spiro atoms. The molecular weight excluding hydrogens is 366 g/mol. The first-order chi connectivity index (χ1) is 14.2. The maximum atomic E-state index is 10.7. The quantitative estimate of drug-likeness (QED) is 0.687. The van der Waals surface area contributed by atoms with Crippen molar-refractivity contribution in [1.82, 2.24) is 15.0 Å². The van der Waals surface area contributed by atoms with Gasteiger partial charge in [0, 0.05) is 56.0 Å². The van der Waals surface area contributed by atoms with Crippen LogP contribution in [0.2, 0.25) is 0 Å². The number of carboxylic acid groups (broad SMARTS) is 1. The first-order valence-electron chi connectivity index (χ1n) is 9.74. The smallest absolute Gasteiger partial charge is 0.165 e. The summed E-state index contributed by atoms with van der Waals surface area (Å²) < 4.78 is 0. The van der Waals surface area contributed by atoms with E-state index in [-0.39, 0.29) is 13.0 Å². The second-order valence-electron chi connectivity index (χ2n) is 6.98. The van der Waals surface area contributed by atoms with Crippen LogP contribution in [-0.2, 0) is 17.6 Å². The number of hydrogen-bond donors (Lipinski definition) is 1. The molecule has 7 nitrogen and oxygen atoms in total. The van der Waals surface area contributed by atoms with Crippen LogP contribution in [0, 0.1) is 0 Å². The van der Waals surface area contributed by atoms with Crippen LogP contribution in [0.25, 0.3) is 11.4 Å². The van der Waals surface area contributed by atoms with E-state index in [4.69, 9.17) is 4.98 Å². The van der Waals surface area contributed by atoms with Gasteiger partial charge in [-0.2, -0.15) is 0 Å². The molecule has 7 heteroatoms. The zero-order valence-electron chi connectivity index (χ0n) is 16.0. The number of rotatable bonds is 6. The first-order valence-corrected chi connectivity index (χ1v) is 9.74. The summed E-state index contributed by atoms with van der Waals surface area (Å²) in [5, 5.41) is 13.8. The van der Waals surface area contributed by atoms with Crippen LogP contribution in [0.5, 0.6) is 0 Å². The highest BCUT2D eigenvalue weighted by Gasteiger charge is 2.17. The predicted octanol–water partition coefficient (Wildman–Crippen LogP) is 1.70. The normalized spacial score (nSPS) is 13.4. The Morgan fingerprint density at radius 3 is 2.48 bits per heavy atom. The SMILES string of the molecule is O=C([O-])CCNc1cc(N2CCc3ccccc3CC2)nc(-c2cccnc2)n1. The molecule has 1 aromatic carbocycles. The topological polar surface area (TPSA) is 94.1 Å². The number of carboxylic acids is 1. The lowest BCUT2D eigenvalue weighted by Gasteiger charge is -2.22. The fourth-order valence-electron chi connectivity index (χ4n) is 3.50. The molecule has 0 saturated carbocycles. The minimum absolute atomic E-state index is 0.0828. The van der Waals surface area contributed by atoms with Gasteiger partial charge in [-0.15, -0.1) is 0 Å². The summed E-state index contributed by atoms with van der Waals surface area (Å²) >= 11 is 0. The third-order valence-corrected chi connectivity index (χ3v) is 5.01. The molecule has 0 amide bonds. The second kappa shape index (κ2) is 8.68. The fraction of sp³-hybridized carbons (Fsp3) is 0.273. The Kier molecular flexibility index (Phi) is 5.65. The minimum atomic E-state index is -1.09. The number of carbonyl (C=O) groups excluding carboxylic acids is 1. The Morgan fingerprint density at radius 1 is 1.07 bits per heavy atom. The van der Waals surface area contributed by atoms with Crippen LogP contribution in [0.15, 0.2) is 54.9 Å². The summed E-state index contributed by atoms with van der Waals surface area (Å²) in [4.78, 5) is 26.5. The van der Waals surface area contributed by atoms with Gasteiger partial charge in [0.25, 0.3) is 0 Å². The van der Waals surface area contributed by atoms with E-state index >= 15 is 0 Å². The van der Waals surface area contributed by atoms with Crippen molar-refractivity contribution in [3.63, 3.8) is 0 Å². The lowest BCUT2D eigenvalue weighted by atomic mass is 10.0. The minimum Gasteiger partial charge on any atom is -0.550 e. The number of aliphatic carboxylic acids is 1. The summed E-state index contributed by atoms with van der Waals surface area (Å²) in [5.74, 6) is 0.886. The van der Waals surface area contributed by atoms with Crippen molar-refractivity contribution in [2.75, 3.05) is 29.9 Å². The number of carbonyl (C=O) groups is 1. The average Bonchev–Trinajstić information content (AvgIpc) is 2.97. The summed E-state index contributed by atoms with van der Waals surface area (Å²) in [7, 11) is 0. The van der Waals surface area contributed by atoms with Crippen LogP contribution in [0.1, 0.15) is 17.5 Å². The highest BCUT2D eigenvalue weighted by Crippen LogP contribution is 2.25. The summed E-state index contributed by atoms with van der Waals surface area (Å²) in [6.07, 6.45) is 5.26. The molecule has 1 aliphatic rings. The van der Waals surface area contributed by atoms with E-state index in [0.717, 1.165) is 37.3 Å². The lowest BCUT2D eigenvalue weighted by molar-refractivity contribution is -0.305. The van der Waals surface area contributed by atoms with Gasteiger partial charge in [-0.3, -0.25) is 4.98 Å². The standard InChI is InChI=1S/C22H23N5O2/c28-21(29)7-11-24-19-14-20(26-22(25-19)18-6-3-10-23-15-18)27-12-8-16-4-1-2-5-17(16)9-13-27/h1-6,10,14-15H,7-9,11-13H2,(H,28,29)(H,24,25,26)/p-1. The van der Waals surface area contributed by atoms with Gasteiger partial charge in [0.1, 0.15) is 11.6 Å². The van der Waals surface area contributed by atoms with Crippen molar-refractivity contribution in [2.45, 2.75) is 19.3 Å². The Balaban J connectivity index is 1.62. The third kappa shape index (κ3) is 4.68. The summed E-state index contributed by atoms with van der Waals surface area (Å²) in [6, 6.07) is 14.2. The molecule has 0 radical (unpaired) electrons. The Labute approximate surface area is 169 Å². The van der Waals surface area contributed by atoms with E-state index in [9.17, 15) is 9.90 Å². The van der Waals surface area contributed by atoms with Crippen molar-refractivity contribution >= 4 is 17.6 Å². The van der Waals surface area contributed by atoms with Crippen molar-refractivity contribution in [3.8, 4) is 11.4 Å². The molecule has 0 aliphatic carbocycles. The molecule has 2 aromatic heterocycles. The molecule has 29 heavy (non-hydrogen) atoms. The van der Waals surface area contributed by atoms with Gasteiger partial charge in [0.05, 0.1) is 0 Å². The van der Waals surface area contributed by atoms with Crippen LogP contribution in [-0.4, -0.2) is 40.6 Å². The van der Waals surface area contributed by atoms with Crippen molar-refractivity contribution in [1.29, 1.82) is 0 Å². The van der Waals surface area contributed by atoms with Gasteiger partial charge < -0.3 is 20.1 Å². The largest absolute Gasteiger partial charge is 0.550 e. The summed E-state index contributed by atoms with van der Waals surface area (Å²) in [6.45, 7) is 1.97. The molecule has 0 unspecified atom stereocenters. The van der Waals surface area contributed by atoms with E-state index in [1.807, 2.05) is 18.2 Å². The first kappa shape index (κ1) is 18.9. The molecule has 0 fully saturated rings. The molecule has 148 valence electrons. The number of fused-ring (bicyclic) bond motifs is 1. The molecule has 3 heterocycles. The van der Waals surface area contributed by atoms with Crippen LogP contribution < -0.4 is 15.3 Å². The lowest BCUT2D eigenvalue weighted by Crippen LogP contribution is -2.27. The van der Waals surface area contributed by atoms with Gasteiger partial charge in [-0.25, -0.2) is 9.97 Å². The third-order valence-electron chi connectivity index (χ3n) is 5.01. The van der Waals surface area contributed by atoms with Crippen LogP contribution in [0.3, 0.4) is 0 Å². The van der Waals surface area contributed by atoms with Crippen molar-refractivity contribution < 1.29 is 9.90 Å². The maximum Gasteiger partial charge on any atom is 0.165 e. The van der Waals surface area contributed by atoms with E-state index in [2.05, 4.69) is 44.5 Å². The maximum absolute atomic E-state index is 10.7. The number of pyridine rings is 1. The second-order valence-corrected chi connectivity index (χ2v) is 6.98. The molecule has 3 aromatic rings. The highest BCUT2D eigenvalue weighted by atomic mass is 16.4. The molecule has 0 saturated heterocycles. The molecule has 0 bridgehead atoms. The zero-order chi connectivity index (χ0) is 20.1. The van der Waals surface area contributed by atoms with Gasteiger partial charge in [-0.1, -0.05) is 24.3 Å². The number of anilines is 2. The van der Waals surface area contributed by atoms with Crippen molar-refractivity contribution in [2.24, 2.45) is 0 Å². The fourth-order valence-corrected chi connectivity index (χ4v) is 3.50. The monoisotopic (exact) mass is 388 g/mol. The van der Waals surface area contributed by atoms with E-state index in [0.29, 0.717) is 11.6 Å². The summed E-state index contributed by atoms with van der Waals surface area (Å²) in [5.41, 5.74) is 3.57. The molecule has 1 aliphatic heterocycles. The Hall–Kier alpha value is -3.48. The van der Waals surface area contributed by atoms with Gasteiger partial charge in [-0.05, 0) is 36.1 Å². The number of nitrogens with one attached hydrogen (secondary N) is 1. The van der Waals surface area contributed by atoms with Crippen LogP contribution >= 0.6 is 0 Å². The number of aromatic nitrogens is 3. The van der Waals surface area contributed by atoms with Crippen LogP contribution in [0.4, 0.5) is 11.6 Å². The predicted molar refractivity (Wildman–Crippen MR) is 109 cm³/mol.